The maximum atomic E-state index is 10.6. The third-order valence-electron chi connectivity index (χ3n) is 5.31. The minimum Gasteiger partial charge on any atom is -0.394 e. The van der Waals surface area contributed by atoms with Gasteiger partial charge in [0.25, 0.3) is 0 Å². The topological polar surface area (TPSA) is 208 Å². The van der Waals surface area contributed by atoms with Gasteiger partial charge in [-0.3, -0.25) is 0 Å². The molecule has 0 amide bonds. The number of ether oxygens (including phenoxy) is 5. The molecule has 170 valence electrons. The fraction of sp³-hybridized carbons (Fsp3) is 1.00. The molecule has 13 atom stereocenters. The summed E-state index contributed by atoms with van der Waals surface area (Å²) in [5, 5.41) is 79.4. The number of aliphatic hydroxyl groups is 8. The first-order valence-corrected chi connectivity index (χ1v) is 9.26. The summed E-state index contributed by atoms with van der Waals surface area (Å²) in [6.07, 6.45) is -18.4. The van der Waals surface area contributed by atoms with Crippen LogP contribution >= 0.6 is 0 Å². The highest BCUT2D eigenvalue weighted by atomic mass is 16.7. The van der Waals surface area contributed by atoms with Crippen LogP contribution in [0.15, 0.2) is 0 Å². The van der Waals surface area contributed by atoms with Crippen LogP contribution in [0.3, 0.4) is 0 Å². The molecule has 0 saturated carbocycles. The van der Waals surface area contributed by atoms with Crippen molar-refractivity contribution < 1.29 is 64.5 Å². The fourth-order valence-electron chi connectivity index (χ4n) is 3.48. The van der Waals surface area contributed by atoms with Gasteiger partial charge >= 0.3 is 0 Å². The van der Waals surface area contributed by atoms with E-state index in [4.69, 9.17) is 28.8 Å². The molecule has 0 aliphatic carbocycles. The quantitative estimate of drug-likeness (QED) is 0.206. The molecular weight excluding hydrogens is 400 g/mol. The average molecular weight is 428 g/mol. The first kappa shape index (κ1) is 23.1. The highest BCUT2D eigenvalue weighted by Gasteiger charge is 2.51. The van der Waals surface area contributed by atoms with Gasteiger partial charge in [0.2, 0.25) is 0 Å². The molecule has 0 aromatic carbocycles. The summed E-state index contributed by atoms with van der Waals surface area (Å²) in [5.41, 5.74) is 0. The molecule has 0 radical (unpaired) electrons. The number of hydrogen-bond donors (Lipinski definition) is 8. The molecule has 0 bridgehead atoms. The van der Waals surface area contributed by atoms with Gasteiger partial charge in [0.1, 0.15) is 54.9 Å². The van der Waals surface area contributed by atoms with Gasteiger partial charge in [-0.05, 0) is 6.92 Å². The lowest BCUT2D eigenvalue weighted by atomic mass is 9.99. The summed E-state index contributed by atoms with van der Waals surface area (Å²) in [7, 11) is 0. The van der Waals surface area contributed by atoms with E-state index in [-0.39, 0.29) is 6.61 Å². The van der Waals surface area contributed by atoms with Crippen LogP contribution in [0.5, 0.6) is 0 Å². The lowest BCUT2D eigenvalue weighted by Gasteiger charge is -2.44. The molecule has 0 unspecified atom stereocenters. The molecule has 3 fully saturated rings. The van der Waals surface area contributed by atoms with E-state index in [1.54, 1.807) is 0 Å². The van der Waals surface area contributed by atoms with Crippen molar-refractivity contribution in [3.63, 3.8) is 0 Å². The van der Waals surface area contributed by atoms with Gasteiger partial charge in [0.05, 0.1) is 19.3 Å². The fourth-order valence-corrected chi connectivity index (χ4v) is 3.48. The van der Waals surface area contributed by atoms with Crippen molar-refractivity contribution in [2.45, 2.75) is 86.8 Å². The maximum Gasteiger partial charge on any atom is 0.187 e. The predicted octanol–water partition coefficient (Wildman–Crippen LogP) is -5.27. The molecule has 13 nitrogen and oxygen atoms in total. The van der Waals surface area contributed by atoms with Crippen molar-refractivity contribution in [2.24, 2.45) is 0 Å². The van der Waals surface area contributed by atoms with Gasteiger partial charge in [-0.15, -0.1) is 0 Å². The summed E-state index contributed by atoms with van der Waals surface area (Å²) in [5.74, 6) is 0. The van der Waals surface area contributed by atoms with E-state index >= 15 is 0 Å². The van der Waals surface area contributed by atoms with Gasteiger partial charge in [0, 0.05) is 0 Å². The van der Waals surface area contributed by atoms with Crippen LogP contribution in [-0.4, -0.2) is 134 Å². The Kier molecular flexibility index (Phi) is 7.44. The molecule has 3 aliphatic heterocycles. The average Bonchev–Trinajstić information content (AvgIpc) is 2.96. The maximum absolute atomic E-state index is 10.6. The van der Waals surface area contributed by atoms with Gasteiger partial charge < -0.3 is 64.5 Å². The summed E-state index contributed by atoms with van der Waals surface area (Å²) in [6.45, 7) is 0.543. The van der Waals surface area contributed by atoms with Crippen LogP contribution < -0.4 is 0 Å². The Morgan fingerprint density at radius 3 is 2.00 bits per heavy atom. The third kappa shape index (κ3) is 4.57. The highest BCUT2D eigenvalue weighted by Crippen LogP contribution is 2.31. The van der Waals surface area contributed by atoms with Gasteiger partial charge in [-0.25, -0.2) is 0 Å². The molecule has 0 aromatic rings. The van der Waals surface area contributed by atoms with Crippen molar-refractivity contribution in [2.75, 3.05) is 13.2 Å². The molecule has 3 aliphatic rings. The van der Waals surface area contributed by atoms with Crippen molar-refractivity contribution in [1.82, 2.24) is 0 Å². The minimum absolute atomic E-state index is 0.317. The Morgan fingerprint density at radius 1 is 0.759 bits per heavy atom. The van der Waals surface area contributed by atoms with E-state index in [0.29, 0.717) is 0 Å². The molecule has 29 heavy (non-hydrogen) atoms. The molecular formula is C16H28O13. The van der Waals surface area contributed by atoms with E-state index in [2.05, 4.69) is 0 Å². The molecule has 13 heteroatoms. The van der Waals surface area contributed by atoms with Crippen molar-refractivity contribution >= 4 is 0 Å². The Hall–Kier alpha value is -0.520. The van der Waals surface area contributed by atoms with Crippen LogP contribution in [0.2, 0.25) is 0 Å². The summed E-state index contributed by atoms with van der Waals surface area (Å²) in [4.78, 5) is 0. The van der Waals surface area contributed by atoms with Crippen LogP contribution in [-0.2, 0) is 23.7 Å². The Balaban J connectivity index is 1.70. The number of hydrogen-bond acceptors (Lipinski definition) is 13. The first-order valence-electron chi connectivity index (χ1n) is 9.26. The molecule has 8 N–H and O–H groups in total. The Labute approximate surface area is 165 Å². The minimum atomic E-state index is -1.68. The smallest absolute Gasteiger partial charge is 0.187 e. The Bertz CT molecular complexity index is 537. The molecule has 0 aromatic heterocycles. The monoisotopic (exact) mass is 428 g/mol. The SMILES string of the molecule is C[C@@H]1O[C@@H](O[C@@H]2[C@@H](O)[C@@H](O)CO[C@H]2O)[C@H](O)[C@H](O[C@@H]2O[C@@H](CO)[C@H](O)[C@H]2O)[C@H]1O. The van der Waals surface area contributed by atoms with Crippen LogP contribution in [0.4, 0.5) is 0 Å². The summed E-state index contributed by atoms with van der Waals surface area (Å²) in [6, 6.07) is 0. The van der Waals surface area contributed by atoms with Crippen molar-refractivity contribution in [3.05, 3.63) is 0 Å². The number of aliphatic hydroxyl groups excluding tert-OH is 8. The van der Waals surface area contributed by atoms with Crippen molar-refractivity contribution in [1.29, 1.82) is 0 Å². The van der Waals surface area contributed by atoms with E-state index in [1.807, 2.05) is 0 Å². The summed E-state index contributed by atoms with van der Waals surface area (Å²) < 4.78 is 26.3. The van der Waals surface area contributed by atoms with E-state index in [0.717, 1.165) is 0 Å². The molecule has 3 saturated heterocycles. The second-order valence-corrected chi connectivity index (χ2v) is 7.38. The van der Waals surface area contributed by atoms with Crippen molar-refractivity contribution in [3.8, 4) is 0 Å². The second kappa shape index (κ2) is 9.32. The molecule has 3 rings (SSSR count). The van der Waals surface area contributed by atoms with Gasteiger partial charge in [-0.1, -0.05) is 0 Å². The standard InChI is InChI=1S/C16H28O13/c1-4-7(19)12(28-15-10(22)9(21)6(2-17)27-15)11(23)16(26-4)29-13-8(20)5(18)3-25-14(13)24/h4-24H,2-3H2,1H3/t4-,5-,6-,7-,8-,9-,10+,11+,12+,13+,14+,15-,16-/m0/s1. The Morgan fingerprint density at radius 2 is 1.38 bits per heavy atom. The highest BCUT2D eigenvalue weighted by molar-refractivity contribution is 4.93. The molecule has 0 spiro atoms. The zero-order chi connectivity index (χ0) is 21.5. The first-order chi connectivity index (χ1) is 13.6. The zero-order valence-corrected chi connectivity index (χ0v) is 15.5. The van der Waals surface area contributed by atoms with E-state index in [1.165, 1.54) is 6.92 Å². The lowest BCUT2D eigenvalue weighted by Crippen LogP contribution is -2.63. The van der Waals surface area contributed by atoms with Crippen LogP contribution in [0, 0.1) is 0 Å². The third-order valence-corrected chi connectivity index (χ3v) is 5.31. The zero-order valence-electron chi connectivity index (χ0n) is 15.5. The van der Waals surface area contributed by atoms with Crippen LogP contribution in [0.25, 0.3) is 0 Å². The molecule has 3 heterocycles. The van der Waals surface area contributed by atoms with Crippen LogP contribution in [0.1, 0.15) is 6.92 Å². The van der Waals surface area contributed by atoms with E-state index < -0.39 is 86.5 Å². The predicted molar refractivity (Wildman–Crippen MR) is 87.8 cm³/mol. The normalized spacial score (nSPS) is 53.9. The van der Waals surface area contributed by atoms with E-state index in [9.17, 15) is 35.7 Å². The lowest BCUT2D eigenvalue weighted by molar-refractivity contribution is -0.361. The summed E-state index contributed by atoms with van der Waals surface area (Å²) >= 11 is 0. The number of rotatable bonds is 5. The van der Waals surface area contributed by atoms with Gasteiger partial charge in [-0.2, -0.15) is 0 Å². The van der Waals surface area contributed by atoms with Gasteiger partial charge in [0.15, 0.2) is 18.9 Å². The largest absolute Gasteiger partial charge is 0.394 e. The second-order valence-electron chi connectivity index (χ2n) is 7.38.